The van der Waals surface area contributed by atoms with Crippen molar-refractivity contribution in [2.75, 3.05) is 19.6 Å². The van der Waals surface area contributed by atoms with E-state index in [1.165, 1.54) is 45.2 Å². The second-order valence-corrected chi connectivity index (χ2v) is 4.72. The third-order valence-electron chi connectivity index (χ3n) is 3.37. The standard InChI is InChI=1S/C12H26N2/c1-3-5-6-11(4-2)9-14-8-7-12(13)10-14/h11-12H,3-10,13H2,1-2H3/t11?,12-/m1/s1. The molecule has 2 N–H and O–H groups in total. The second kappa shape index (κ2) is 6.41. The second-order valence-electron chi connectivity index (χ2n) is 4.72. The molecule has 2 nitrogen and oxygen atoms in total. The van der Waals surface area contributed by atoms with Crippen molar-refractivity contribution in [3.63, 3.8) is 0 Å². The summed E-state index contributed by atoms with van der Waals surface area (Å²) in [6.07, 6.45) is 6.64. The summed E-state index contributed by atoms with van der Waals surface area (Å²) in [5.41, 5.74) is 5.90. The van der Waals surface area contributed by atoms with Crippen molar-refractivity contribution in [2.24, 2.45) is 11.7 Å². The van der Waals surface area contributed by atoms with E-state index in [0.29, 0.717) is 6.04 Å². The van der Waals surface area contributed by atoms with Gasteiger partial charge in [0.1, 0.15) is 0 Å². The van der Waals surface area contributed by atoms with Crippen LogP contribution in [-0.2, 0) is 0 Å². The zero-order chi connectivity index (χ0) is 10.4. The highest BCUT2D eigenvalue weighted by atomic mass is 15.2. The Kier molecular flexibility index (Phi) is 5.49. The first kappa shape index (κ1) is 12.0. The molecule has 0 saturated carbocycles. The Balaban J connectivity index is 2.19. The Labute approximate surface area is 88.8 Å². The van der Waals surface area contributed by atoms with Crippen LogP contribution in [0.4, 0.5) is 0 Å². The van der Waals surface area contributed by atoms with E-state index in [1.54, 1.807) is 0 Å². The van der Waals surface area contributed by atoms with E-state index in [4.69, 9.17) is 5.73 Å². The minimum absolute atomic E-state index is 0.443. The molecule has 1 aliphatic heterocycles. The molecule has 2 heteroatoms. The monoisotopic (exact) mass is 198 g/mol. The van der Waals surface area contributed by atoms with Crippen molar-refractivity contribution < 1.29 is 0 Å². The molecule has 84 valence electrons. The van der Waals surface area contributed by atoms with Gasteiger partial charge in [-0.1, -0.05) is 33.1 Å². The molecule has 0 aromatic heterocycles. The number of nitrogens with zero attached hydrogens (tertiary/aromatic N) is 1. The van der Waals surface area contributed by atoms with Crippen LogP contribution in [0.25, 0.3) is 0 Å². The maximum absolute atomic E-state index is 5.90. The summed E-state index contributed by atoms with van der Waals surface area (Å²) in [4.78, 5) is 2.55. The molecule has 0 aliphatic carbocycles. The maximum Gasteiger partial charge on any atom is 0.0180 e. The van der Waals surface area contributed by atoms with Gasteiger partial charge in [0, 0.05) is 19.1 Å². The summed E-state index contributed by atoms with van der Waals surface area (Å²) < 4.78 is 0. The van der Waals surface area contributed by atoms with Crippen molar-refractivity contribution >= 4 is 0 Å². The summed E-state index contributed by atoms with van der Waals surface area (Å²) in [6, 6.07) is 0.443. The third-order valence-corrected chi connectivity index (χ3v) is 3.37. The van der Waals surface area contributed by atoms with E-state index in [1.807, 2.05) is 0 Å². The van der Waals surface area contributed by atoms with Gasteiger partial charge in [0.2, 0.25) is 0 Å². The summed E-state index contributed by atoms with van der Waals surface area (Å²) in [7, 11) is 0. The van der Waals surface area contributed by atoms with Crippen LogP contribution in [0, 0.1) is 5.92 Å². The van der Waals surface area contributed by atoms with Gasteiger partial charge in [0.05, 0.1) is 0 Å². The van der Waals surface area contributed by atoms with Gasteiger partial charge in [0.15, 0.2) is 0 Å². The van der Waals surface area contributed by atoms with Gasteiger partial charge in [-0.05, 0) is 25.3 Å². The van der Waals surface area contributed by atoms with Crippen LogP contribution in [-0.4, -0.2) is 30.6 Å². The normalized spacial score (nSPS) is 25.5. The zero-order valence-electron chi connectivity index (χ0n) is 9.84. The van der Waals surface area contributed by atoms with E-state index >= 15 is 0 Å². The molecule has 1 rings (SSSR count). The first-order valence-corrected chi connectivity index (χ1v) is 6.24. The van der Waals surface area contributed by atoms with Crippen molar-refractivity contribution in [2.45, 2.75) is 52.0 Å². The molecule has 0 aromatic rings. The number of hydrogen-bond acceptors (Lipinski definition) is 2. The van der Waals surface area contributed by atoms with Gasteiger partial charge < -0.3 is 10.6 Å². The number of rotatable bonds is 6. The molecule has 0 radical (unpaired) electrons. The highest BCUT2D eigenvalue weighted by Crippen LogP contribution is 2.17. The highest BCUT2D eigenvalue weighted by molar-refractivity contribution is 4.79. The molecule has 14 heavy (non-hydrogen) atoms. The lowest BCUT2D eigenvalue weighted by atomic mass is 9.99. The zero-order valence-corrected chi connectivity index (χ0v) is 9.84. The molecule has 0 bridgehead atoms. The predicted molar refractivity (Wildman–Crippen MR) is 62.3 cm³/mol. The summed E-state index contributed by atoms with van der Waals surface area (Å²) in [5.74, 6) is 0.903. The Hall–Kier alpha value is -0.0800. The summed E-state index contributed by atoms with van der Waals surface area (Å²) in [6.45, 7) is 8.23. The molecule has 1 unspecified atom stereocenters. The van der Waals surface area contributed by atoms with Crippen molar-refractivity contribution in [3.05, 3.63) is 0 Å². The lowest BCUT2D eigenvalue weighted by Crippen LogP contribution is -2.30. The fourth-order valence-corrected chi connectivity index (χ4v) is 2.31. The smallest absolute Gasteiger partial charge is 0.0180 e. The molecule has 1 saturated heterocycles. The van der Waals surface area contributed by atoms with Gasteiger partial charge in [0.25, 0.3) is 0 Å². The highest BCUT2D eigenvalue weighted by Gasteiger charge is 2.20. The summed E-state index contributed by atoms with van der Waals surface area (Å²) in [5, 5.41) is 0. The SMILES string of the molecule is CCCCC(CC)CN1CC[C@@H](N)C1. The van der Waals surface area contributed by atoms with Gasteiger partial charge in [-0.25, -0.2) is 0 Å². The molecule has 1 aliphatic rings. The van der Waals surface area contributed by atoms with Crippen LogP contribution in [0.5, 0.6) is 0 Å². The number of unbranched alkanes of at least 4 members (excludes halogenated alkanes) is 1. The topological polar surface area (TPSA) is 29.3 Å². The Morgan fingerprint density at radius 2 is 2.21 bits per heavy atom. The quantitative estimate of drug-likeness (QED) is 0.709. The largest absolute Gasteiger partial charge is 0.326 e. The molecular formula is C12H26N2. The number of hydrogen-bond donors (Lipinski definition) is 1. The molecular weight excluding hydrogens is 172 g/mol. The molecule has 1 heterocycles. The first-order chi connectivity index (χ1) is 6.76. The van der Waals surface area contributed by atoms with Gasteiger partial charge in [-0.2, -0.15) is 0 Å². The Bertz CT molecular complexity index is 147. The van der Waals surface area contributed by atoms with Crippen molar-refractivity contribution in [1.29, 1.82) is 0 Å². The van der Waals surface area contributed by atoms with Gasteiger partial charge in [-0.3, -0.25) is 0 Å². The average molecular weight is 198 g/mol. The van der Waals surface area contributed by atoms with E-state index < -0.39 is 0 Å². The van der Waals surface area contributed by atoms with E-state index in [9.17, 15) is 0 Å². The number of likely N-dealkylation sites (tertiary alicyclic amines) is 1. The van der Waals surface area contributed by atoms with Crippen LogP contribution in [0.2, 0.25) is 0 Å². The summed E-state index contributed by atoms with van der Waals surface area (Å²) >= 11 is 0. The predicted octanol–water partition coefficient (Wildman–Crippen LogP) is 2.24. The van der Waals surface area contributed by atoms with E-state index in [0.717, 1.165) is 12.5 Å². The van der Waals surface area contributed by atoms with Gasteiger partial charge in [-0.15, -0.1) is 0 Å². The van der Waals surface area contributed by atoms with E-state index in [2.05, 4.69) is 18.7 Å². The molecule has 2 atom stereocenters. The average Bonchev–Trinajstić information content (AvgIpc) is 2.58. The van der Waals surface area contributed by atoms with Gasteiger partial charge >= 0.3 is 0 Å². The van der Waals surface area contributed by atoms with Crippen LogP contribution in [0.15, 0.2) is 0 Å². The molecule has 0 spiro atoms. The van der Waals surface area contributed by atoms with Crippen molar-refractivity contribution in [1.82, 2.24) is 4.90 Å². The van der Waals surface area contributed by atoms with Crippen LogP contribution < -0.4 is 5.73 Å². The van der Waals surface area contributed by atoms with Crippen LogP contribution >= 0.6 is 0 Å². The van der Waals surface area contributed by atoms with Crippen LogP contribution in [0.3, 0.4) is 0 Å². The number of nitrogens with two attached hydrogens (primary N) is 1. The minimum Gasteiger partial charge on any atom is -0.326 e. The third kappa shape index (κ3) is 3.97. The fraction of sp³-hybridized carbons (Fsp3) is 1.00. The lowest BCUT2D eigenvalue weighted by molar-refractivity contribution is 0.258. The first-order valence-electron chi connectivity index (χ1n) is 6.24. The lowest BCUT2D eigenvalue weighted by Gasteiger charge is -2.22. The van der Waals surface area contributed by atoms with Crippen molar-refractivity contribution in [3.8, 4) is 0 Å². The Morgan fingerprint density at radius 1 is 1.43 bits per heavy atom. The Morgan fingerprint density at radius 3 is 2.71 bits per heavy atom. The van der Waals surface area contributed by atoms with E-state index in [-0.39, 0.29) is 0 Å². The maximum atomic E-state index is 5.90. The van der Waals surface area contributed by atoms with Crippen LogP contribution in [0.1, 0.15) is 46.0 Å². The molecule has 0 aromatic carbocycles. The minimum atomic E-state index is 0.443. The fourth-order valence-electron chi connectivity index (χ4n) is 2.31. The molecule has 0 amide bonds. The molecule has 1 fully saturated rings.